The quantitative estimate of drug-likeness (QED) is 0.807. The lowest BCUT2D eigenvalue weighted by molar-refractivity contribution is -0.134. The van der Waals surface area contributed by atoms with E-state index in [-0.39, 0.29) is 11.5 Å². The Bertz CT molecular complexity index is 307. The van der Waals surface area contributed by atoms with Gasteiger partial charge in [0, 0.05) is 13.0 Å². The van der Waals surface area contributed by atoms with Gasteiger partial charge in [0.25, 0.3) is 0 Å². The Labute approximate surface area is 122 Å². The summed E-state index contributed by atoms with van der Waals surface area (Å²) in [5.74, 6) is 0.543. The van der Waals surface area contributed by atoms with E-state index in [0.29, 0.717) is 25.3 Å². The predicted octanol–water partition coefficient (Wildman–Crippen LogP) is 2.88. The molecular weight excluding hydrogens is 254 g/mol. The molecule has 2 aliphatic rings. The summed E-state index contributed by atoms with van der Waals surface area (Å²) in [6, 6.07) is 0. The van der Waals surface area contributed by atoms with Crippen LogP contribution in [0.25, 0.3) is 0 Å². The second-order valence-corrected chi connectivity index (χ2v) is 5.94. The van der Waals surface area contributed by atoms with Crippen LogP contribution in [-0.4, -0.2) is 34.5 Å². The number of rotatable bonds is 4. The van der Waals surface area contributed by atoms with Crippen LogP contribution in [0.4, 0.5) is 0 Å². The van der Waals surface area contributed by atoms with E-state index in [9.17, 15) is 14.7 Å². The van der Waals surface area contributed by atoms with Crippen molar-refractivity contribution < 1.29 is 14.7 Å². The Morgan fingerprint density at radius 3 is 2.15 bits per heavy atom. The Kier molecular flexibility index (Phi) is 7.20. The number of amides is 2. The van der Waals surface area contributed by atoms with Crippen molar-refractivity contribution in [2.75, 3.05) is 6.54 Å². The van der Waals surface area contributed by atoms with Crippen LogP contribution < -0.4 is 0 Å². The highest BCUT2D eigenvalue weighted by atomic mass is 16.3. The first-order chi connectivity index (χ1) is 9.57. The fourth-order valence-electron chi connectivity index (χ4n) is 3.25. The van der Waals surface area contributed by atoms with E-state index >= 15 is 0 Å². The number of nitrogens with zero attached hydrogens (tertiary/aromatic N) is 1. The van der Waals surface area contributed by atoms with Crippen molar-refractivity contribution in [1.29, 1.82) is 0 Å². The zero-order chi connectivity index (χ0) is 15.0. The van der Waals surface area contributed by atoms with Gasteiger partial charge >= 0.3 is 0 Å². The van der Waals surface area contributed by atoms with Gasteiger partial charge in [-0.1, -0.05) is 33.1 Å². The molecule has 0 unspecified atom stereocenters. The van der Waals surface area contributed by atoms with Gasteiger partial charge in [-0.2, -0.15) is 0 Å². The standard InChI is InChI=1S/C11H22O.C5H7NO2/c1-3-11(12,4-2)10-8-6-5-7-9-10;7-4-6-3-1-2-5(6)8/h10,12H,3-9H2,1-2H3;4H,1-3H2. The number of likely N-dealkylation sites (tertiary alicyclic amines) is 1. The average Bonchev–Trinajstić information content (AvgIpc) is 2.93. The summed E-state index contributed by atoms with van der Waals surface area (Å²) in [5, 5.41) is 10.3. The van der Waals surface area contributed by atoms with Crippen LogP contribution in [0.5, 0.6) is 0 Å². The van der Waals surface area contributed by atoms with Gasteiger partial charge in [0.2, 0.25) is 12.3 Å². The van der Waals surface area contributed by atoms with E-state index in [1.165, 1.54) is 37.0 Å². The third-order valence-electron chi connectivity index (χ3n) is 4.83. The molecule has 1 heterocycles. The number of carbonyl (C=O) groups excluding carboxylic acids is 2. The van der Waals surface area contributed by atoms with E-state index in [0.717, 1.165) is 19.3 Å². The fraction of sp³-hybridized carbons (Fsp3) is 0.875. The minimum absolute atomic E-state index is 0.0417. The highest BCUT2D eigenvalue weighted by Crippen LogP contribution is 2.36. The molecule has 2 amide bonds. The molecule has 1 aliphatic heterocycles. The Morgan fingerprint density at radius 1 is 1.20 bits per heavy atom. The van der Waals surface area contributed by atoms with Crippen molar-refractivity contribution in [3.63, 3.8) is 0 Å². The molecule has 4 heteroatoms. The van der Waals surface area contributed by atoms with E-state index in [2.05, 4.69) is 13.8 Å². The van der Waals surface area contributed by atoms with Crippen LogP contribution in [-0.2, 0) is 9.59 Å². The predicted molar refractivity (Wildman–Crippen MR) is 79.1 cm³/mol. The Balaban J connectivity index is 0.000000217. The molecule has 4 nitrogen and oxygen atoms in total. The van der Waals surface area contributed by atoms with Crippen LogP contribution in [0, 0.1) is 5.92 Å². The van der Waals surface area contributed by atoms with Gasteiger partial charge in [0.05, 0.1) is 5.60 Å². The highest BCUT2D eigenvalue weighted by molar-refractivity contribution is 5.87. The molecule has 0 aromatic rings. The normalized spacial score (nSPS) is 20.6. The van der Waals surface area contributed by atoms with Crippen LogP contribution in [0.1, 0.15) is 71.6 Å². The molecule has 0 aromatic carbocycles. The van der Waals surface area contributed by atoms with Crippen molar-refractivity contribution in [3.8, 4) is 0 Å². The largest absolute Gasteiger partial charge is 0.390 e. The molecule has 116 valence electrons. The number of hydrogen-bond acceptors (Lipinski definition) is 3. The second kappa shape index (κ2) is 8.40. The van der Waals surface area contributed by atoms with Crippen LogP contribution in [0.3, 0.4) is 0 Å². The third kappa shape index (κ3) is 4.58. The lowest BCUT2D eigenvalue weighted by Crippen LogP contribution is -2.37. The zero-order valence-electron chi connectivity index (χ0n) is 12.9. The number of carbonyl (C=O) groups is 2. The molecule has 0 bridgehead atoms. The summed E-state index contributed by atoms with van der Waals surface area (Å²) in [7, 11) is 0. The molecule has 1 aliphatic carbocycles. The fourth-order valence-corrected chi connectivity index (χ4v) is 3.25. The molecule has 2 fully saturated rings. The van der Waals surface area contributed by atoms with Gasteiger partial charge in [0.15, 0.2) is 0 Å². The topological polar surface area (TPSA) is 57.6 Å². The molecular formula is C16H29NO3. The molecule has 0 radical (unpaired) electrons. The summed E-state index contributed by atoms with van der Waals surface area (Å²) >= 11 is 0. The highest BCUT2D eigenvalue weighted by Gasteiger charge is 2.33. The second-order valence-electron chi connectivity index (χ2n) is 5.94. The van der Waals surface area contributed by atoms with Crippen molar-refractivity contribution in [2.45, 2.75) is 77.2 Å². The van der Waals surface area contributed by atoms with Crippen molar-refractivity contribution in [2.24, 2.45) is 5.92 Å². The van der Waals surface area contributed by atoms with Crippen LogP contribution in [0.2, 0.25) is 0 Å². The van der Waals surface area contributed by atoms with Gasteiger partial charge in [-0.05, 0) is 38.0 Å². The van der Waals surface area contributed by atoms with E-state index in [4.69, 9.17) is 0 Å². The van der Waals surface area contributed by atoms with Gasteiger partial charge in [-0.25, -0.2) is 0 Å². The van der Waals surface area contributed by atoms with Gasteiger partial charge < -0.3 is 5.11 Å². The lowest BCUT2D eigenvalue weighted by atomic mass is 9.74. The lowest BCUT2D eigenvalue weighted by Gasteiger charge is -2.37. The monoisotopic (exact) mass is 283 g/mol. The van der Waals surface area contributed by atoms with Gasteiger partial charge in [-0.15, -0.1) is 0 Å². The molecule has 0 atom stereocenters. The van der Waals surface area contributed by atoms with Crippen molar-refractivity contribution >= 4 is 12.3 Å². The average molecular weight is 283 g/mol. The molecule has 20 heavy (non-hydrogen) atoms. The summed E-state index contributed by atoms with van der Waals surface area (Å²) in [6.07, 6.45) is 10.3. The summed E-state index contributed by atoms with van der Waals surface area (Å²) in [5.41, 5.74) is -0.347. The zero-order valence-corrected chi connectivity index (χ0v) is 12.9. The molecule has 2 rings (SSSR count). The van der Waals surface area contributed by atoms with E-state index in [1.807, 2.05) is 0 Å². The van der Waals surface area contributed by atoms with Crippen LogP contribution in [0.15, 0.2) is 0 Å². The first kappa shape index (κ1) is 17.2. The summed E-state index contributed by atoms with van der Waals surface area (Å²) in [6.45, 7) is 4.83. The molecule has 1 saturated heterocycles. The number of imide groups is 1. The molecule has 1 saturated carbocycles. The SMILES string of the molecule is CCC(O)(CC)C1CCCCC1.O=CN1CCCC1=O. The van der Waals surface area contributed by atoms with Gasteiger partial charge in [-0.3, -0.25) is 14.5 Å². The summed E-state index contributed by atoms with van der Waals surface area (Å²) in [4.78, 5) is 21.6. The van der Waals surface area contributed by atoms with Crippen LogP contribution >= 0.6 is 0 Å². The minimum atomic E-state index is -0.347. The van der Waals surface area contributed by atoms with E-state index in [1.54, 1.807) is 0 Å². The maximum Gasteiger partial charge on any atom is 0.229 e. The first-order valence-corrected chi connectivity index (χ1v) is 8.04. The third-order valence-corrected chi connectivity index (χ3v) is 4.83. The number of hydrogen-bond donors (Lipinski definition) is 1. The maximum atomic E-state index is 10.5. The van der Waals surface area contributed by atoms with E-state index < -0.39 is 0 Å². The van der Waals surface area contributed by atoms with Gasteiger partial charge in [0.1, 0.15) is 0 Å². The minimum Gasteiger partial charge on any atom is -0.390 e. The summed E-state index contributed by atoms with van der Waals surface area (Å²) < 4.78 is 0. The molecule has 0 spiro atoms. The Morgan fingerprint density at radius 2 is 1.80 bits per heavy atom. The smallest absolute Gasteiger partial charge is 0.229 e. The van der Waals surface area contributed by atoms with Crippen molar-refractivity contribution in [1.82, 2.24) is 4.90 Å². The van der Waals surface area contributed by atoms with Crippen molar-refractivity contribution in [3.05, 3.63) is 0 Å². The molecule has 1 N–H and O–H groups in total. The maximum absolute atomic E-state index is 10.5. The Hall–Kier alpha value is -0.900. The number of aliphatic hydroxyl groups is 1. The molecule has 0 aromatic heterocycles. The first-order valence-electron chi connectivity index (χ1n) is 8.04.